The molecule has 2 N–H and O–H groups in total. The highest BCUT2D eigenvalue weighted by Crippen LogP contribution is 2.12. The van der Waals surface area contributed by atoms with E-state index in [0.717, 1.165) is 5.56 Å². The van der Waals surface area contributed by atoms with Gasteiger partial charge >= 0.3 is 0 Å². The number of carbonyl (C=O) groups is 1. The number of amides is 1. The number of carbonyl (C=O) groups excluding carboxylic acids is 1. The molecule has 1 aromatic rings. The Labute approximate surface area is 101 Å². The molecule has 0 radical (unpaired) electrons. The van der Waals surface area contributed by atoms with E-state index in [4.69, 9.17) is 5.11 Å². The van der Waals surface area contributed by atoms with Crippen molar-refractivity contribution in [2.24, 2.45) is 5.92 Å². The molecule has 0 aromatic heterocycles. The van der Waals surface area contributed by atoms with Crippen molar-refractivity contribution in [3.63, 3.8) is 0 Å². The second-order valence-corrected chi connectivity index (χ2v) is 4.22. The van der Waals surface area contributed by atoms with Gasteiger partial charge in [-0.15, -0.1) is 0 Å². The molecule has 0 aliphatic rings. The van der Waals surface area contributed by atoms with Crippen molar-refractivity contribution in [1.29, 1.82) is 0 Å². The Bertz CT molecular complexity index is 368. The lowest BCUT2D eigenvalue weighted by molar-refractivity contribution is -0.122. The average Bonchev–Trinajstić information content (AvgIpc) is 2.26. The predicted molar refractivity (Wildman–Crippen MR) is 64.0 cm³/mol. The molecule has 0 bridgehead atoms. The van der Waals surface area contributed by atoms with E-state index in [-0.39, 0.29) is 30.8 Å². The van der Waals surface area contributed by atoms with Crippen molar-refractivity contribution in [2.45, 2.75) is 19.8 Å². The second-order valence-electron chi connectivity index (χ2n) is 4.22. The predicted octanol–water partition coefficient (Wildman–Crippen LogP) is 1.50. The molecule has 0 aliphatic heterocycles. The molecule has 94 valence electrons. The van der Waals surface area contributed by atoms with Crippen LogP contribution >= 0.6 is 0 Å². The summed E-state index contributed by atoms with van der Waals surface area (Å²) < 4.78 is 12.9. The smallest absolute Gasteiger partial charge is 0.220 e. The number of hydrogen-bond acceptors (Lipinski definition) is 2. The SMILES string of the molecule is CC(CC(=O)NCCO)Cc1cccc(F)c1. The van der Waals surface area contributed by atoms with E-state index in [0.29, 0.717) is 12.8 Å². The van der Waals surface area contributed by atoms with Crippen molar-refractivity contribution >= 4 is 5.91 Å². The van der Waals surface area contributed by atoms with E-state index < -0.39 is 0 Å². The molecule has 4 heteroatoms. The fourth-order valence-electron chi connectivity index (χ4n) is 1.72. The van der Waals surface area contributed by atoms with Gasteiger partial charge in [0.05, 0.1) is 6.61 Å². The monoisotopic (exact) mass is 239 g/mol. The van der Waals surface area contributed by atoms with Crippen LogP contribution in [0, 0.1) is 11.7 Å². The van der Waals surface area contributed by atoms with Gasteiger partial charge in [0, 0.05) is 13.0 Å². The van der Waals surface area contributed by atoms with Crippen LogP contribution in [0.3, 0.4) is 0 Å². The maximum Gasteiger partial charge on any atom is 0.220 e. The summed E-state index contributed by atoms with van der Waals surface area (Å²) in [5.74, 6) is -0.183. The van der Waals surface area contributed by atoms with Crippen molar-refractivity contribution in [3.8, 4) is 0 Å². The number of nitrogens with one attached hydrogen (secondary N) is 1. The Hall–Kier alpha value is -1.42. The van der Waals surface area contributed by atoms with Crippen molar-refractivity contribution in [3.05, 3.63) is 35.6 Å². The summed E-state index contributed by atoms with van der Waals surface area (Å²) in [6.07, 6.45) is 1.06. The van der Waals surface area contributed by atoms with Crippen LogP contribution in [0.15, 0.2) is 24.3 Å². The summed E-state index contributed by atoms with van der Waals surface area (Å²) in [5.41, 5.74) is 0.896. The van der Waals surface area contributed by atoms with Gasteiger partial charge in [-0.2, -0.15) is 0 Å². The van der Waals surface area contributed by atoms with Gasteiger partial charge in [0.1, 0.15) is 5.82 Å². The lowest BCUT2D eigenvalue weighted by atomic mass is 9.98. The fourth-order valence-corrected chi connectivity index (χ4v) is 1.72. The number of aliphatic hydroxyl groups excluding tert-OH is 1. The Balaban J connectivity index is 2.39. The molecule has 0 heterocycles. The first kappa shape index (κ1) is 13.6. The Morgan fingerprint density at radius 1 is 1.53 bits per heavy atom. The standard InChI is InChI=1S/C13H18FNO2/c1-10(8-13(17)15-5-6-16)7-11-3-2-4-12(14)9-11/h2-4,9-10,16H,5-8H2,1H3,(H,15,17). The van der Waals surface area contributed by atoms with E-state index in [9.17, 15) is 9.18 Å². The van der Waals surface area contributed by atoms with Gasteiger partial charge < -0.3 is 10.4 Å². The summed E-state index contributed by atoms with van der Waals surface area (Å²) >= 11 is 0. The molecular weight excluding hydrogens is 221 g/mol. The third kappa shape index (κ3) is 5.45. The number of aliphatic hydroxyl groups is 1. The van der Waals surface area contributed by atoms with Crippen LogP contribution in [0.25, 0.3) is 0 Å². The Morgan fingerprint density at radius 3 is 2.94 bits per heavy atom. The summed E-state index contributed by atoms with van der Waals surface area (Å²) in [6.45, 7) is 2.18. The first-order chi connectivity index (χ1) is 8.11. The topological polar surface area (TPSA) is 49.3 Å². The van der Waals surface area contributed by atoms with Crippen molar-refractivity contribution < 1.29 is 14.3 Å². The Kier molecular flexibility index (Phi) is 5.63. The summed E-state index contributed by atoms with van der Waals surface area (Å²) in [5, 5.41) is 11.2. The van der Waals surface area contributed by atoms with E-state index in [1.807, 2.05) is 13.0 Å². The van der Waals surface area contributed by atoms with Gasteiger partial charge in [-0.3, -0.25) is 4.79 Å². The molecule has 17 heavy (non-hydrogen) atoms. The highest BCUT2D eigenvalue weighted by Gasteiger charge is 2.09. The molecule has 1 rings (SSSR count). The van der Waals surface area contributed by atoms with E-state index in [1.54, 1.807) is 6.07 Å². The largest absolute Gasteiger partial charge is 0.395 e. The fraction of sp³-hybridized carbons (Fsp3) is 0.462. The number of benzene rings is 1. The molecule has 3 nitrogen and oxygen atoms in total. The van der Waals surface area contributed by atoms with E-state index in [2.05, 4.69) is 5.32 Å². The Morgan fingerprint density at radius 2 is 2.29 bits per heavy atom. The molecule has 0 fully saturated rings. The lowest BCUT2D eigenvalue weighted by Crippen LogP contribution is -2.28. The van der Waals surface area contributed by atoms with Crippen LogP contribution in [0.4, 0.5) is 4.39 Å². The molecule has 0 saturated carbocycles. The molecule has 0 spiro atoms. The van der Waals surface area contributed by atoms with E-state index in [1.165, 1.54) is 12.1 Å². The van der Waals surface area contributed by atoms with Crippen LogP contribution in [0.1, 0.15) is 18.9 Å². The molecule has 0 aliphatic carbocycles. The third-order valence-electron chi connectivity index (χ3n) is 2.44. The van der Waals surface area contributed by atoms with Crippen molar-refractivity contribution in [2.75, 3.05) is 13.2 Å². The molecule has 1 aromatic carbocycles. The average molecular weight is 239 g/mol. The molecule has 1 atom stereocenters. The van der Waals surface area contributed by atoms with Crippen LogP contribution in [0.5, 0.6) is 0 Å². The van der Waals surface area contributed by atoms with Gasteiger partial charge in [0.2, 0.25) is 5.91 Å². The minimum Gasteiger partial charge on any atom is -0.395 e. The third-order valence-corrected chi connectivity index (χ3v) is 2.44. The zero-order valence-electron chi connectivity index (χ0n) is 9.95. The number of halogens is 1. The molecule has 1 unspecified atom stereocenters. The van der Waals surface area contributed by atoms with Gasteiger partial charge in [0.25, 0.3) is 0 Å². The first-order valence-corrected chi connectivity index (χ1v) is 5.74. The van der Waals surface area contributed by atoms with E-state index >= 15 is 0 Å². The van der Waals surface area contributed by atoms with Crippen LogP contribution in [-0.2, 0) is 11.2 Å². The van der Waals surface area contributed by atoms with Gasteiger partial charge in [-0.25, -0.2) is 4.39 Å². The van der Waals surface area contributed by atoms with Crippen LogP contribution in [0.2, 0.25) is 0 Å². The minimum atomic E-state index is -0.251. The zero-order chi connectivity index (χ0) is 12.7. The normalized spacial score (nSPS) is 12.2. The molecular formula is C13H18FNO2. The maximum absolute atomic E-state index is 12.9. The van der Waals surface area contributed by atoms with Gasteiger partial charge in [-0.1, -0.05) is 19.1 Å². The quantitative estimate of drug-likeness (QED) is 0.790. The molecule has 1 amide bonds. The zero-order valence-corrected chi connectivity index (χ0v) is 9.95. The number of hydrogen-bond donors (Lipinski definition) is 2. The summed E-state index contributed by atoms with van der Waals surface area (Å²) in [4.78, 5) is 11.4. The summed E-state index contributed by atoms with van der Waals surface area (Å²) in [7, 11) is 0. The highest BCUT2D eigenvalue weighted by molar-refractivity contribution is 5.76. The van der Waals surface area contributed by atoms with Gasteiger partial charge in [0.15, 0.2) is 0 Å². The molecule has 0 saturated heterocycles. The first-order valence-electron chi connectivity index (χ1n) is 5.74. The van der Waals surface area contributed by atoms with Crippen LogP contribution in [-0.4, -0.2) is 24.2 Å². The minimum absolute atomic E-state index is 0.0516. The van der Waals surface area contributed by atoms with Crippen molar-refractivity contribution in [1.82, 2.24) is 5.32 Å². The maximum atomic E-state index is 12.9. The van der Waals surface area contributed by atoms with Gasteiger partial charge in [-0.05, 0) is 30.0 Å². The highest BCUT2D eigenvalue weighted by atomic mass is 19.1. The van der Waals surface area contributed by atoms with Crippen LogP contribution < -0.4 is 5.32 Å². The summed E-state index contributed by atoms with van der Waals surface area (Å²) in [6, 6.07) is 6.42. The second kappa shape index (κ2) is 7.01. The number of rotatable bonds is 6. The lowest BCUT2D eigenvalue weighted by Gasteiger charge is -2.11.